The number of nitrogens with one attached hydrogen (secondary N) is 1. The van der Waals surface area contributed by atoms with Crippen molar-refractivity contribution < 1.29 is 20.1 Å². The lowest BCUT2D eigenvalue weighted by Gasteiger charge is -2.17. The number of ether oxygens (including phenoxy) is 1. The van der Waals surface area contributed by atoms with Gasteiger partial charge < -0.3 is 20.1 Å². The molecule has 0 spiro atoms. The number of aromatic amines is 1. The van der Waals surface area contributed by atoms with Gasteiger partial charge in [-0.15, -0.1) is 0 Å². The second kappa shape index (κ2) is 5.09. The molecule has 8 nitrogen and oxygen atoms in total. The first-order valence-electron chi connectivity index (χ1n) is 5.09. The Morgan fingerprint density at radius 1 is 1.39 bits per heavy atom. The molecule has 0 aliphatic carbocycles. The van der Waals surface area contributed by atoms with Crippen LogP contribution in [0, 0.1) is 3.57 Å². The molecule has 4 N–H and O–H groups in total. The minimum atomic E-state index is -1.36. The van der Waals surface area contributed by atoms with E-state index in [0.29, 0.717) is 0 Å². The monoisotopic (exact) mass is 370 g/mol. The Balaban J connectivity index is 2.42. The summed E-state index contributed by atoms with van der Waals surface area (Å²) in [5, 5.41) is 28.3. The molecule has 100 valence electrons. The highest BCUT2D eigenvalue weighted by molar-refractivity contribution is 14.1. The lowest BCUT2D eigenvalue weighted by atomic mass is 10.1. The Morgan fingerprint density at radius 3 is 2.61 bits per heavy atom. The van der Waals surface area contributed by atoms with Crippen LogP contribution in [0.25, 0.3) is 0 Å². The molecule has 1 aromatic rings. The van der Waals surface area contributed by atoms with Crippen LogP contribution in [0.5, 0.6) is 0 Å². The van der Waals surface area contributed by atoms with Gasteiger partial charge in [-0.25, -0.2) is 4.79 Å². The summed E-state index contributed by atoms with van der Waals surface area (Å²) in [4.78, 5) is 24.9. The fraction of sp³-hybridized carbons (Fsp3) is 0.556. The summed E-state index contributed by atoms with van der Waals surface area (Å²) in [6.45, 7) is -0.482. The number of aromatic nitrogens is 2. The Morgan fingerprint density at radius 2 is 2.06 bits per heavy atom. The molecule has 18 heavy (non-hydrogen) atoms. The molecule has 9 heteroatoms. The van der Waals surface area contributed by atoms with Crippen molar-refractivity contribution in [3.63, 3.8) is 0 Å². The maximum Gasteiger partial charge on any atom is 0.330 e. The number of nitrogens with zero attached hydrogens (tertiary/aromatic N) is 1. The zero-order valence-electron chi connectivity index (χ0n) is 8.99. The highest BCUT2D eigenvalue weighted by Crippen LogP contribution is 2.27. The molecule has 0 radical (unpaired) electrons. The SMILES string of the molecule is O=c1[nH]c(=O)n([C@@H]2O[C@H](CO)[C@H](O)[C@@H]2O)cc1I. The van der Waals surface area contributed by atoms with Gasteiger partial charge in [0.2, 0.25) is 0 Å². The number of hydrogen-bond acceptors (Lipinski definition) is 6. The zero-order valence-corrected chi connectivity index (χ0v) is 11.1. The highest BCUT2D eigenvalue weighted by atomic mass is 127. The van der Waals surface area contributed by atoms with E-state index < -0.39 is 42.4 Å². The van der Waals surface area contributed by atoms with Gasteiger partial charge in [-0.3, -0.25) is 14.3 Å². The molecule has 1 saturated heterocycles. The van der Waals surface area contributed by atoms with E-state index in [2.05, 4.69) is 4.98 Å². The predicted molar refractivity (Wildman–Crippen MR) is 67.0 cm³/mol. The second-order valence-electron chi connectivity index (χ2n) is 3.87. The van der Waals surface area contributed by atoms with Crippen LogP contribution < -0.4 is 11.2 Å². The smallest absolute Gasteiger partial charge is 0.330 e. The molecule has 1 fully saturated rings. The van der Waals surface area contributed by atoms with Crippen LogP contribution in [-0.2, 0) is 4.74 Å². The summed E-state index contributed by atoms with van der Waals surface area (Å²) in [7, 11) is 0. The second-order valence-corrected chi connectivity index (χ2v) is 5.03. The molecule has 2 heterocycles. The van der Waals surface area contributed by atoms with E-state index in [0.717, 1.165) is 4.57 Å². The average Bonchev–Trinajstić information content (AvgIpc) is 2.61. The molecule has 1 aliphatic heterocycles. The summed E-state index contributed by atoms with van der Waals surface area (Å²) in [5.74, 6) is 0. The van der Waals surface area contributed by atoms with E-state index in [4.69, 9.17) is 9.84 Å². The largest absolute Gasteiger partial charge is 0.394 e. The average molecular weight is 370 g/mol. The molecule has 0 saturated carbocycles. The standard InChI is InChI=1S/C9H11IN2O6/c10-3-1-12(9(17)11-7(3)16)8-6(15)5(14)4(2-13)18-8/h1,4-6,8,13-15H,2H2,(H,11,16,17)/t4-,5+,6+,8-/m1/s1. The van der Waals surface area contributed by atoms with Crippen molar-refractivity contribution in [2.75, 3.05) is 6.61 Å². The lowest BCUT2D eigenvalue weighted by Crippen LogP contribution is -2.38. The first-order chi connectivity index (χ1) is 8.45. The molecule has 0 unspecified atom stereocenters. The van der Waals surface area contributed by atoms with Gasteiger partial charge in [0, 0.05) is 6.20 Å². The molecule has 0 aromatic carbocycles. The van der Waals surface area contributed by atoms with Crippen molar-refractivity contribution in [2.24, 2.45) is 0 Å². The van der Waals surface area contributed by atoms with Crippen LogP contribution in [0.4, 0.5) is 0 Å². The van der Waals surface area contributed by atoms with Gasteiger partial charge in [0.1, 0.15) is 18.3 Å². The van der Waals surface area contributed by atoms with Crippen LogP contribution in [-0.4, -0.2) is 49.8 Å². The van der Waals surface area contributed by atoms with Gasteiger partial charge in [0.15, 0.2) is 6.23 Å². The van der Waals surface area contributed by atoms with Crippen molar-refractivity contribution >= 4 is 22.6 Å². The van der Waals surface area contributed by atoms with Crippen molar-refractivity contribution in [3.8, 4) is 0 Å². The Labute approximate surface area is 114 Å². The van der Waals surface area contributed by atoms with Gasteiger partial charge in [-0.05, 0) is 22.6 Å². The molecule has 0 amide bonds. The third-order valence-electron chi connectivity index (χ3n) is 2.72. The molecule has 1 aromatic heterocycles. The van der Waals surface area contributed by atoms with Crippen molar-refractivity contribution in [1.29, 1.82) is 0 Å². The fourth-order valence-electron chi connectivity index (χ4n) is 1.76. The number of rotatable bonds is 2. The van der Waals surface area contributed by atoms with E-state index in [1.807, 2.05) is 0 Å². The van der Waals surface area contributed by atoms with Crippen LogP contribution in [0.3, 0.4) is 0 Å². The third kappa shape index (κ3) is 2.23. The molecule has 0 bridgehead atoms. The first kappa shape index (κ1) is 13.7. The summed E-state index contributed by atoms with van der Waals surface area (Å²) in [6.07, 6.45) is -3.54. The van der Waals surface area contributed by atoms with E-state index in [9.17, 15) is 19.8 Å². The number of aliphatic hydroxyl groups is 3. The molecule has 1 aliphatic rings. The minimum absolute atomic E-state index is 0.241. The molecular formula is C9H11IN2O6. The highest BCUT2D eigenvalue weighted by Gasteiger charge is 2.43. The quantitative estimate of drug-likeness (QED) is 0.436. The maximum atomic E-state index is 11.6. The summed E-state index contributed by atoms with van der Waals surface area (Å²) in [6, 6.07) is 0. The van der Waals surface area contributed by atoms with Crippen molar-refractivity contribution in [2.45, 2.75) is 24.5 Å². The minimum Gasteiger partial charge on any atom is -0.394 e. The normalized spacial score (nSPS) is 31.8. The molecule has 4 atom stereocenters. The zero-order chi connectivity index (χ0) is 13.4. The number of halogens is 1. The van der Waals surface area contributed by atoms with Crippen LogP contribution in [0.2, 0.25) is 0 Å². The van der Waals surface area contributed by atoms with Gasteiger partial charge in [-0.1, -0.05) is 0 Å². The summed E-state index contributed by atoms with van der Waals surface area (Å²) >= 11 is 1.73. The van der Waals surface area contributed by atoms with Gasteiger partial charge in [0.25, 0.3) is 5.56 Å². The predicted octanol–water partition coefficient (Wildman–Crippen LogP) is -2.25. The van der Waals surface area contributed by atoms with Crippen molar-refractivity contribution in [3.05, 3.63) is 30.6 Å². The Hall–Kier alpha value is -0.750. The van der Waals surface area contributed by atoms with Gasteiger partial charge in [-0.2, -0.15) is 0 Å². The van der Waals surface area contributed by atoms with E-state index >= 15 is 0 Å². The van der Waals surface area contributed by atoms with Gasteiger partial charge in [0.05, 0.1) is 10.2 Å². The van der Waals surface area contributed by atoms with Crippen molar-refractivity contribution in [1.82, 2.24) is 9.55 Å². The van der Waals surface area contributed by atoms with Crippen LogP contribution in [0.15, 0.2) is 15.8 Å². The van der Waals surface area contributed by atoms with E-state index in [1.54, 1.807) is 22.6 Å². The van der Waals surface area contributed by atoms with E-state index in [-0.39, 0.29) is 3.57 Å². The van der Waals surface area contributed by atoms with Gasteiger partial charge >= 0.3 is 5.69 Å². The van der Waals surface area contributed by atoms with Crippen LogP contribution in [0.1, 0.15) is 6.23 Å². The molecule has 2 rings (SSSR count). The maximum absolute atomic E-state index is 11.6. The van der Waals surface area contributed by atoms with Crippen LogP contribution >= 0.6 is 22.6 Å². The Kier molecular flexibility index (Phi) is 3.87. The summed E-state index contributed by atoms with van der Waals surface area (Å²) in [5.41, 5.74) is -1.29. The fourth-order valence-corrected chi connectivity index (χ4v) is 2.19. The summed E-state index contributed by atoms with van der Waals surface area (Å²) < 4.78 is 6.40. The Bertz CT molecular complexity index is 555. The third-order valence-corrected chi connectivity index (χ3v) is 3.48. The molecular weight excluding hydrogens is 359 g/mol. The topological polar surface area (TPSA) is 125 Å². The number of hydrogen-bond donors (Lipinski definition) is 4. The number of H-pyrrole nitrogens is 1. The number of aliphatic hydroxyl groups excluding tert-OH is 3. The lowest BCUT2D eigenvalue weighted by molar-refractivity contribution is -0.0551. The first-order valence-corrected chi connectivity index (χ1v) is 6.17. The van der Waals surface area contributed by atoms with E-state index in [1.165, 1.54) is 6.20 Å².